The fraction of sp³-hybridized carbons (Fsp3) is 0.857. The van der Waals surface area contributed by atoms with Gasteiger partial charge in [-0.25, -0.2) is 0 Å². The first-order valence-electron chi connectivity index (χ1n) is 3.87. The molecule has 72 valence electrons. The van der Waals surface area contributed by atoms with Crippen LogP contribution in [0.2, 0.25) is 0 Å². The maximum absolute atomic E-state index is 10.4. The van der Waals surface area contributed by atoms with E-state index in [2.05, 4.69) is 17.9 Å². The van der Waals surface area contributed by atoms with Crippen LogP contribution in [0.1, 0.15) is 6.92 Å². The molecule has 0 aromatic rings. The minimum absolute atomic E-state index is 0.293. The summed E-state index contributed by atoms with van der Waals surface area (Å²) in [6.07, 6.45) is 0. The zero-order chi connectivity index (χ0) is 9.40. The first-order valence-corrected chi connectivity index (χ1v) is 4.50. The number of thiol groups is 1. The number of aliphatic carboxylic acids is 1. The maximum atomic E-state index is 10.4. The lowest BCUT2D eigenvalue weighted by Crippen LogP contribution is -2.39. The first-order chi connectivity index (χ1) is 5.72. The van der Waals surface area contributed by atoms with Gasteiger partial charge >= 0.3 is 5.97 Å². The van der Waals surface area contributed by atoms with Gasteiger partial charge < -0.3 is 15.2 Å². The predicted molar refractivity (Wildman–Crippen MR) is 49.8 cm³/mol. The summed E-state index contributed by atoms with van der Waals surface area (Å²) in [5.41, 5.74) is 0. The summed E-state index contributed by atoms with van der Waals surface area (Å²) in [6.45, 7) is 3.63. The summed E-state index contributed by atoms with van der Waals surface area (Å²) in [5.74, 6) is -0.580. The highest BCUT2D eigenvalue weighted by molar-refractivity contribution is 7.80. The number of carboxylic acids is 1. The van der Waals surface area contributed by atoms with Gasteiger partial charge in [-0.2, -0.15) is 12.6 Å². The summed E-state index contributed by atoms with van der Waals surface area (Å²) in [7, 11) is 0. The van der Waals surface area contributed by atoms with Crippen molar-refractivity contribution in [2.45, 2.75) is 13.0 Å². The van der Waals surface area contributed by atoms with Gasteiger partial charge in [-0.15, -0.1) is 0 Å². The zero-order valence-corrected chi connectivity index (χ0v) is 8.01. The van der Waals surface area contributed by atoms with Gasteiger partial charge in [0.05, 0.1) is 6.61 Å². The second-order valence-corrected chi connectivity index (χ2v) is 2.59. The molecule has 0 fully saturated rings. The highest BCUT2D eigenvalue weighted by Crippen LogP contribution is 1.87. The van der Waals surface area contributed by atoms with Crippen LogP contribution in [0.25, 0.3) is 0 Å². The molecule has 0 aliphatic carbocycles. The Balaban J connectivity index is 3.38. The molecule has 0 aliphatic rings. The molecule has 0 radical (unpaired) electrons. The van der Waals surface area contributed by atoms with E-state index in [0.29, 0.717) is 25.5 Å². The first kappa shape index (κ1) is 11.7. The van der Waals surface area contributed by atoms with Gasteiger partial charge in [0.25, 0.3) is 0 Å². The molecule has 0 spiro atoms. The quantitative estimate of drug-likeness (QED) is 0.393. The van der Waals surface area contributed by atoms with Crippen LogP contribution in [0.3, 0.4) is 0 Å². The summed E-state index contributed by atoms with van der Waals surface area (Å²) in [4.78, 5) is 10.4. The van der Waals surface area contributed by atoms with Gasteiger partial charge in [0.15, 0.2) is 0 Å². The third-order valence-electron chi connectivity index (χ3n) is 1.32. The zero-order valence-electron chi connectivity index (χ0n) is 7.12. The van der Waals surface area contributed by atoms with E-state index in [0.717, 1.165) is 0 Å². The Hall–Kier alpha value is -0.260. The van der Waals surface area contributed by atoms with Crippen molar-refractivity contribution in [3.8, 4) is 0 Å². The number of carboxylic acid groups (broad SMARTS) is 1. The second kappa shape index (κ2) is 7.39. The summed E-state index contributed by atoms with van der Waals surface area (Å²) < 4.78 is 5.03. The molecular weight excluding hydrogens is 178 g/mol. The second-order valence-electron chi connectivity index (χ2n) is 2.22. The lowest BCUT2D eigenvalue weighted by molar-refractivity contribution is -0.138. The summed E-state index contributed by atoms with van der Waals surface area (Å²) >= 11 is 3.90. The van der Waals surface area contributed by atoms with Crippen LogP contribution >= 0.6 is 12.6 Å². The Morgan fingerprint density at radius 2 is 2.42 bits per heavy atom. The molecule has 0 bridgehead atoms. The number of nitrogens with one attached hydrogen (secondary N) is 1. The molecule has 0 heterocycles. The van der Waals surface area contributed by atoms with Crippen LogP contribution in [0, 0.1) is 0 Å². The van der Waals surface area contributed by atoms with Crippen molar-refractivity contribution in [1.82, 2.24) is 5.32 Å². The minimum atomic E-state index is -0.874. The monoisotopic (exact) mass is 193 g/mol. The van der Waals surface area contributed by atoms with E-state index in [4.69, 9.17) is 9.84 Å². The molecule has 0 saturated carbocycles. The van der Waals surface area contributed by atoms with E-state index in [1.54, 1.807) is 0 Å². The molecule has 4 nitrogen and oxygen atoms in total. The number of hydrogen-bond acceptors (Lipinski definition) is 4. The fourth-order valence-electron chi connectivity index (χ4n) is 0.680. The maximum Gasteiger partial charge on any atom is 0.321 e. The molecule has 5 heteroatoms. The average molecular weight is 193 g/mol. The highest BCUT2D eigenvalue weighted by atomic mass is 32.1. The van der Waals surface area contributed by atoms with Gasteiger partial charge in [0.2, 0.25) is 0 Å². The molecule has 1 atom stereocenters. The molecule has 0 amide bonds. The fourth-order valence-corrected chi connectivity index (χ4v) is 0.965. The van der Waals surface area contributed by atoms with Gasteiger partial charge in [0.1, 0.15) is 6.04 Å². The van der Waals surface area contributed by atoms with Crippen molar-refractivity contribution < 1.29 is 14.6 Å². The summed E-state index contributed by atoms with van der Waals surface area (Å²) in [6, 6.07) is -0.575. The van der Waals surface area contributed by atoms with Gasteiger partial charge in [-0.05, 0) is 6.92 Å². The highest BCUT2D eigenvalue weighted by Gasteiger charge is 2.13. The normalized spacial score (nSPS) is 12.8. The van der Waals surface area contributed by atoms with Gasteiger partial charge in [-0.1, -0.05) is 0 Å². The topological polar surface area (TPSA) is 58.6 Å². The van der Waals surface area contributed by atoms with Crippen molar-refractivity contribution in [1.29, 1.82) is 0 Å². The van der Waals surface area contributed by atoms with E-state index in [1.165, 1.54) is 0 Å². The van der Waals surface area contributed by atoms with Crippen molar-refractivity contribution in [3.63, 3.8) is 0 Å². The number of rotatable bonds is 7. The Labute approximate surface area is 77.7 Å². The van der Waals surface area contributed by atoms with E-state index in [-0.39, 0.29) is 0 Å². The van der Waals surface area contributed by atoms with Crippen LogP contribution < -0.4 is 5.32 Å². The lowest BCUT2D eigenvalue weighted by Gasteiger charge is -2.10. The Kier molecular flexibility index (Phi) is 7.23. The van der Waals surface area contributed by atoms with Crippen LogP contribution in [0.5, 0.6) is 0 Å². The van der Waals surface area contributed by atoms with Crippen LogP contribution in [0.4, 0.5) is 0 Å². The smallest absolute Gasteiger partial charge is 0.321 e. The minimum Gasteiger partial charge on any atom is -0.480 e. The van der Waals surface area contributed by atoms with E-state index < -0.39 is 12.0 Å². The molecule has 0 aromatic heterocycles. The van der Waals surface area contributed by atoms with E-state index in [9.17, 15) is 4.79 Å². The van der Waals surface area contributed by atoms with Crippen molar-refractivity contribution >= 4 is 18.6 Å². The van der Waals surface area contributed by atoms with E-state index >= 15 is 0 Å². The molecule has 0 aromatic carbocycles. The molecule has 2 N–H and O–H groups in total. The van der Waals surface area contributed by atoms with Crippen LogP contribution in [-0.4, -0.2) is 42.6 Å². The standard InChI is InChI=1S/C7H15NO3S/c1-2-11-4-3-8-6(5-12)7(9)10/h6,8,12H,2-5H2,1H3,(H,9,10)/t6-/m0/s1. The Morgan fingerprint density at radius 3 is 2.83 bits per heavy atom. The molecule has 0 aliphatic heterocycles. The largest absolute Gasteiger partial charge is 0.480 e. The van der Waals surface area contributed by atoms with Crippen LogP contribution in [0.15, 0.2) is 0 Å². The van der Waals surface area contributed by atoms with Crippen molar-refractivity contribution in [2.24, 2.45) is 0 Å². The van der Waals surface area contributed by atoms with Gasteiger partial charge in [0, 0.05) is 18.9 Å². The third-order valence-corrected chi connectivity index (χ3v) is 1.69. The SMILES string of the molecule is CCOCCN[C@@H](CS)C(=O)O. The van der Waals surface area contributed by atoms with E-state index in [1.807, 2.05) is 6.92 Å². The summed E-state index contributed by atoms with van der Waals surface area (Å²) in [5, 5.41) is 11.4. The lowest BCUT2D eigenvalue weighted by atomic mass is 10.3. The average Bonchev–Trinajstić information content (AvgIpc) is 2.04. The van der Waals surface area contributed by atoms with Crippen LogP contribution in [-0.2, 0) is 9.53 Å². The Morgan fingerprint density at radius 1 is 1.75 bits per heavy atom. The van der Waals surface area contributed by atoms with Crippen molar-refractivity contribution in [2.75, 3.05) is 25.5 Å². The molecular formula is C7H15NO3S. The molecule has 0 unspecified atom stereocenters. The van der Waals surface area contributed by atoms with Crippen molar-refractivity contribution in [3.05, 3.63) is 0 Å². The number of ether oxygens (including phenoxy) is 1. The number of hydrogen-bond donors (Lipinski definition) is 3. The third kappa shape index (κ3) is 5.40. The van der Waals surface area contributed by atoms with Gasteiger partial charge in [-0.3, -0.25) is 4.79 Å². The molecule has 12 heavy (non-hydrogen) atoms. The molecule has 0 rings (SSSR count). The predicted octanol–water partition coefficient (Wildman–Crippen LogP) is -0.00450. The Bertz CT molecular complexity index is 132. The number of carbonyl (C=O) groups is 1. The molecule has 0 saturated heterocycles.